The SMILES string of the molecule is COc1ncc(-c2cc(CN3CCC(F)(F)CC3)c3c(N)ncnn23)cc1C(=O)N[C@@H]1CN(C(=O)O)C[C@@H]1F. The lowest BCUT2D eigenvalue weighted by Crippen LogP contribution is -2.41. The fourth-order valence-corrected chi connectivity index (χ4v) is 4.97. The minimum Gasteiger partial charge on any atom is -0.480 e. The summed E-state index contributed by atoms with van der Waals surface area (Å²) in [4.78, 5) is 35.4. The van der Waals surface area contributed by atoms with E-state index in [4.69, 9.17) is 15.6 Å². The van der Waals surface area contributed by atoms with Crippen LogP contribution in [0.3, 0.4) is 0 Å². The van der Waals surface area contributed by atoms with Gasteiger partial charge in [-0.3, -0.25) is 9.69 Å². The third kappa shape index (κ3) is 5.26. The molecule has 0 aromatic carbocycles. The monoisotopic (exact) mass is 548 g/mol. The Balaban J connectivity index is 1.46. The number of hydrogen-bond acceptors (Lipinski definition) is 8. The third-order valence-electron chi connectivity index (χ3n) is 7.06. The van der Waals surface area contributed by atoms with Gasteiger partial charge in [-0.15, -0.1) is 0 Å². The van der Waals surface area contributed by atoms with Crippen LogP contribution in [0.5, 0.6) is 5.88 Å². The summed E-state index contributed by atoms with van der Waals surface area (Å²) in [6.45, 7) is 0.247. The molecule has 3 aromatic heterocycles. The molecule has 0 spiro atoms. The summed E-state index contributed by atoms with van der Waals surface area (Å²) in [5, 5.41) is 16.0. The number of nitrogens with two attached hydrogens (primary N) is 1. The maximum Gasteiger partial charge on any atom is 0.407 e. The standard InChI is InChI=1S/C24H27F3N8O4/c1-39-22-15(21(36)32-17-11-34(23(37)38)10-16(17)25)6-13(8-29-22)18-7-14(19-20(28)30-12-31-35(18)19)9-33-4-2-24(26,27)3-5-33/h6-8,12,16-17H,2-5,9-11H2,1H3,(H,32,36)(H,37,38)(H2,28,30,31)/t16-,17+/m0/s1. The van der Waals surface area contributed by atoms with Gasteiger partial charge in [0.25, 0.3) is 11.8 Å². The smallest absolute Gasteiger partial charge is 0.407 e. The van der Waals surface area contributed by atoms with Crippen LogP contribution in [0.15, 0.2) is 24.7 Å². The summed E-state index contributed by atoms with van der Waals surface area (Å²) >= 11 is 0. The van der Waals surface area contributed by atoms with E-state index in [9.17, 15) is 22.8 Å². The van der Waals surface area contributed by atoms with Gasteiger partial charge in [-0.25, -0.2) is 32.4 Å². The first-order valence-corrected chi connectivity index (χ1v) is 12.2. The van der Waals surface area contributed by atoms with Crippen molar-refractivity contribution in [1.29, 1.82) is 0 Å². The first-order valence-electron chi connectivity index (χ1n) is 12.2. The molecule has 5 heterocycles. The van der Waals surface area contributed by atoms with Crippen LogP contribution in [0.25, 0.3) is 16.8 Å². The van der Waals surface area contributed by atoms with Crippen molar-refractivity contribution in [3.8, 4) is 17.1 Å². The first-order chi connectivity index (χ1) is 18.6. The van der Waals surface area contributed by atoms with E-state index in [0.717, 1.165) is 10.5 Å². The number of aromatic nitrogens is 4. The van der Waals surface area contributed by atoms with Gasteiger partial charge >= 0.3 is 6.09 Å². The summed E-state index contributed by atoms with van der Waals surface area (Å²) in [7, 11) is 1.33. The number of halogens is 3. The first kappa shape index (κ1) is 26.5. The Hall–Kier alpha value is -4.14. The number of likely N-dealkylation sites (tertiary alicyclic amines) is 2. The van der Waals surface area contributed by atoms with Crippen molar-refractivity contribution < 1.29 is 32.6 Å². The molecular formula is C24H27F3N8O4. The second-order valence-corrected chi connectivity index (χ2v) is 9.66. The van der Waals surface area contributed by atoms with Crippen molar-refractivity contribution in [2.24, 2.45) is 0 Å². The average Bonchev–Trinajstić information content (AvgIpc) is 3.46. The van der Waals surface area contributed by atoms with Gasteiger partial charge in [0.05, 0.1) is 25.4 Å². The average molecular weight is 549 g/mol. The lowest BCUT2D eigenvalue weighted by atomic mass is 10.1. The summed E-state index contributed by atoms with van der Waals surface area (Å²) in [6, 6.07) is 2.26. The number of nitrogens with zero attached hydrogens (tertiary/aromatic N) is 6. The molecular weight excluding hydrogens is 521 g/mol. The lowest BCUT2D eigenvalue weighted by Gasteiger charge is -2.31. The molecule has 0 saturated carbocycles. The summed E-state index contributed by atoms with van der Waals surface area (Å²) in [5.74, 6) is -3.17. The molecule has 208 valence electrons. The van der Waals surface area contributed by atoms with Gasteiger partial charge in [-0.05, 0) is 17.7 Å². The second kappa shape index (κ2) is 10.2. The topological polar surface area (TPSA) is 151 Å². The van der Waals surface area contributed by atoms with Gasteiger partial charge in [0.15, 0.2) is 5.82 Å². The van der Waals surface area contributed by atoms with Crippen LogP contribution in [-0.4, -0.2) is 97.9 Å². The zero-order valence-corrected chi connectivity index (χ0v) is 21.0. The van der Waals surface area contributed by atoms with E-state index in [1.54, 1.807) is 10.6 Å². The predicted molar refractivity (Wildman–Crippen MR) is 132 cm³/mol. The molecule has 0 aliphatic carbocycles. The molecule has 39 heavy (non-hydrogen) atoms. The van der Waals surface area contributed by atoms with Crippen molar-refractivity contribution in [3.05, 3.63) is 35.8 Å². The molecule has 15 heteroatoms. The van der Waals surface area contributed by atoms with Crippen molar-refractivity contribution in [3.63, 3.8) is 0 Å². The van der Waals surface area contributed by atoms with Crippen molar-refractivity contribution >= 4 is 23.3 Å². The van der Waals surface area contributed by atoms with Gasteiger partial charge in [0, 0.05) is 50.8 Å². The van der Waals surface area contributed by atoms with Gasteiger partial charge in [-0.2, -0.15) is 5.10 Å². The van der Waals surface area contributed by atoms with E-state index in [1.165, 1.54) is 25.7 Å². The number of alkyl halides is 3. The minimum absolute atomic E-state index is 0.00719. The maximum atomic E-state index is 14.4. The number of anilines is 1. The Morgan fingerprint density at radius 1 is 1.23 bits per heavy atom. The number of hydrogen-bond donors (Lipinski definition) is 3. The Kier molecular flexibility index (Phi) is 6.92. The number of rotatable bonds is 6. The van der Waals surface area contributed by atoms with Gasteiger partial charge in [0.1, 0.15) is 23.6 Å². The van der Waals surface area contributed by atoms with Crippen LogP contribution < -0.4 is 15.8 Å². The predicted octanol–water partition coefficient (Wildman–Crippen LogP) is 2.04. The Morgan fingerprint density at radius 3 is 2.64 bits per heavy atom. The molecule has 4 N–H and O–H groups in total. The molecule has 2 aliphatic rings. The highest BCUT2D eigenvalue weighted by atomic mass is 19.3. The highest BCUT2D eigenvalue weighted by molar-refractivity contribution is 5.98. The lowest BCUT2D eigenvalue weighted by molar-refractivity contribution is -0.0565. The normalized spacial score (nSPS) is 21.3. The van der Waals surface area contributed by atoms with Crippen molar-refractivity contribution in [2.75, 3.05) is 39.0 Å². The van der Waals surface area contributed by atoms with Gasteiger partial charge in [0.2, 0.25) is 5.88 Å². The fourth-order valence-electron chi connectivity index (χ4n) is 4.97. The Bertz CT molecular complexity index is 1410. The quantitative estimate of drug-likeness (QED) is 0.420. The molecule has 0 radical (unpaired) electrons. The Morgan fingerprint density at radius 2 is 1.97 bits per heavy atom. The molecule has 2 fully saturated rings. The second-order valence-electron chi connectivity index (χ2n) is 9.66. The number of piperidine rings is 1. The number of methoxy groups -OCH3 is 1. The number of carbonyl (C=O) groups is 2. The number of carboxylic acid groups (broad SMARTS) is 1. The largest absolute Gasteiger partial charge is 0.480 e. The molecule has 0 unspecified atom stereocenters. The van der Waals surface area contributed by atoms with Crippen LogP contribution >= 0.6 is 0 Å². The zero-order valence-electron chi connectivity index (χ0n) is 21.0. The molecule has 2 atom stereocenters. The summed E-state index contributed by atoms with van der Waals surface area (Å²) < 4.78 is 48.5. The molecule has 12 nitrogen and oxygen atoms in total. The van der Waals surface area contributed by atoms with E-state index in [1.807, 2.05) is 4.90 Å². The zero-order chi connectivity index (χ0) is 27.9. The van der Waals surface area contributed by atoms with Crippen LogP contribution in [0, 0.1) is 0 Å². The van der Waals surface area contributed by atoms with Crippen LogP contribution in [-0.2, 0) is 6.54 Å². The number of nitrogens with one attached hydrogen (secondary N) is 1. The molecule has 2 amide bonds. The van der Waals surface area contributed by atoms with Gasteiger partial charge < -0.3 is 25.8 Å². The van der Waals surface area contributed by atoms with Crippen LogP contribution in [0.4, 0.5) is 23.8 Å². The van der Waals surface area contributed by atoms with Crippen molar-refractivity contribution in [2.45, 2.75) is 37.5 Å². The van der Waals surface area contributed by atoms with E-state index in [0.29, 0.717) is 23.3 Å². The van der Waals surface area contributed by atoms with Crippen molar-refractivity contribution in [1.82, 2.24) is 34.7 Å². The number of nitrogen functional groups attached to an aromatic ring is 1. The molecule has 2 saturated heterocycles. The van der Waals surface area contributed by atoms with E-state index < -0.39 is 30.1 Å². The third-order valence-corrected chi connectivity index (χ3v) is 7.06. The molecule has 2 aliphatic heterocycles. The maximum absolute atomic E-state index is 14.4. The molecule has 0 bridgehead atoms. The minimum atomic E-state index is -2.68. The number of ether oxygens (including phenoxy) is 1. The van der Waals surface area contributed by atoms with Crippen LogP contribution in [0.1, 0.15) is 28.8 Å². The van der Waals surface area contributed by atoms with E-state index >= 15 is 0 Å². The summed E-state index contributed by atoms with van der Waals surface area (Å²) in [6.07, 6.45) is -0.560. The van der Waals surface area contributed by atoms with Crippen LogP contribution in [0.2, 0.25) is 0 Å². The summed E-state index contributed by atoms with van der Waals surface area (Å²) in [5.41, 5.74) is 8.37. The number of pyridine rings is 1. The molecule has 5 rings (SSSR count). The van der Waals surface area contributed by atoms with E-state index in [2.05, 4.69) is 20.4 Å². The van der Waals surface area contributed by atoms with E-state index in [-0.39, 0.29) is 56.3 Å². The highest BCUT2D eigenvalue weighted by Crippen LogP contribution is 2.33. The number of amides is 2. The highest BCUT2D eigenvalue weighted by Gasteiger charge is 2.37. The number of fused-ring (bicyclic) bond motifs is 1. The Labute approximate surface area is 220 Å². The fraction of sp³-hybridized carbons (Fsp3) is 0.458. The molecule has 3 aromatic rings. The van der Waals surface area contributed by atoms with Gasteiger partial charge in [-0.1, -0.05) is 0 Å². The number of carbonyl (C=O) groups excluding carboxylic acids is 1.